The predicted molar refractivity (Wildman–Crippen MR) is 104 cm³/mol. The van der Waals surface area contributed by atoms with Crippen molar-refractivity contribution >= 4 is 17.9 Å². The Hall–Kier alpha value is -2.53. The molecule has 0 spiro atoms. The van der Waals surface area contributed by atoms with Gasteiger partial charge < -0.3 is 21.8 Å². The molecule has 1 aliphatic carbocycles. The topological polar surface area (TPSA) is 92.2 Å². The summed E-state index contributed by atoms with van der Waals surface area (Å²) in [5, 5.41) is 3.20. The Labute approximate surface area is 149 Å². The first kappa shape index (κ1) is 17.3. The molecule has 5 nitrogen and oxygen atoms in total. The number of hydrogen-bond acceptors (Lipinski definition) is 4. The molecule has 1 fully saturated rings. The minimum absolute atomic E-state index is 0.528. The average molecular weight is 337 g/mol. The fourth-order valence-corrected chi connectivity index (χ4v) is 3.38. The third-order valence-electron chi connectivity index (χ3n) is 4.81. The Balaban J connectivity index is 0.000000192. The number of H-pyrrole nitrogens is 1. The fourth-order valence-electron chi connectivity index (χ4n) is 3.38. The van der Waals surface area contributed by atoms with Crippen LogP contribution in [0.3, 0.4) is 0 Å². The van der Waals surface area contributed by atoms with Gasteiger partial charge in [-0.3, -0.25) is 0 Å². The lowest BCUT2D eigenvalue weighted by Gasteiger charge is -2.25. The van der Waals surface area contributed by atoms with Crippen molar-refractivity contribution in [2.75, 3.05) is 0 Å². The zero-order valence-corrected chi connectivity index (χ0v) is 14.5. The van der Waals surface area contributed by atoms with Crippen LogP contribution in [0, 0.1) is 5.92 Å². The van der Waals surface area contributed by atoms with Crippen molar-refractivity contribution in [3.8, 4) is 0 Å². The van der Waals surface area contributed by atoms with Crippen molar-refractivity contribution < 1.29 is 0 Å². The van der Waals surface area contributed by atoms with E-state index < -0.39 is 0 Å². The molecule has 0 unspecified atom stereocenters. The van der Waals surface area contributed by atoms with E-state index in [1.54, 1.807) is 6.34 Å². The summed E-state index contributed by atoms with van der Waals surface area (Å²) in [6.07, 6.45) is 10.00. The van der Waals surface area contributed by atoms with Crippen LogP contribution in [0.5, 0.6) is 0 Å². The number of nitrogens with one attached hydrogen (secondary N) is 2. The van der Waals surface area contributed by atoms with Crippen molar-refractivity contribution in [2.24, 2.45) is 22.4 Å². The molecule has 132 valence electrons. The molecule has 2 aliphatic rings. The van der Waals surface area contributed by atoms with Crippen LogP contribution in [0.25, 0.3) is 5.70 Å². The molecule has 0 bridgehead atoms. The molecule has 2 aromatic rings. The van der Waals surface area contributed by atoms with E-state index in [9.17, 15) is 0 Å². The van der Waals surface area contributed by atoms with E-state index in [-0.39, 0.29) is 0 Å². The lowest BCUT2D eigenvalue weighted by Crippen LogP contribution is -2.24. The molecule has 0 saturated heterocycles. The van der Waals surface area contributed by atoms with Crippen molar-refractivity contribution in [3.63, 3.8) is 0 Å². The highest BCUT2D eigenvalue weighted by molar-refractivity contribution is 5.87. The molecule has 25 heavy (non-hydrogen) atoms. The second-order valence-corrected chi connectivity index (χ2v) is 6.50. The lowest BCUT2D eigenvalue weighted by molar-refractivity contribution is 0.400. The third-order valence-corrected chi connectivity index (χ3v) is 4.81. The van der Waals surface area contributed by atoms with E-state index in [2.05, 4.69) is 15.3 Å². The Kier molecular flexibility index (Phi) is 5.90. The molecule has 4 rings (SSSR count). The molecule has 1 aromatic carbocycles. The first-order valence-corrected chi connectivity index (χ1v) is 9.00. The van der Waals surface area contributed by atoms with Gasteiger partial charge in [-0.15, -0.1) is 0 Å². The first-order valence-electron chi connectivity index (χ1n) is 9.00. The van der Waals surface area contributed by atoms with Crippen LogP contribution in [0.4, 0.5) is 5.82 Å². The first-order chi connectivity index (χ1) is 12.3. The van der Waals surface area contributed by atoms with Crippen LogP contribution in [-0.4, -0.2) is 11.3 Å². The number of allylic oxidation sites excluding steroid dienone is 1. The number of aromatic nitrogens is 1. The van der Waals surface area contributed by atoms with Crippen LogP contribution in [0.2, 0.25) is 0 Å². The number of benzene rings is 1. The number of fused-ring (bicyclic) bond motifs is 1. The van der Waals surface area contributed by atoms with Gasteiger partial charge in [-0.1, -0.05) is 49.6 Å². The van der Waals surface area contributed by atoms with Gasteiger partial charge in [0, 0.05) is 29.9 Å². The van der Waals surface area contributed by atoms with Gasteiger partial charge in [0.1, 0.15) is 5.82 Å². The molecule has 1 aliphatic heterocycles. The molecule has 6 N–H and O–H groups in total. The summed E-state index contributed by atoms with van der Waals surface area (Å²) in [7, 11) is 0. The second kappa shape index (κ2) is 8.53. The van der Waals surface area contributed by atoms with E-state index in [4.69, 9.17) is 11.5 Å². The molecular formula is C20H27N5. The van der Waals surface area contributed by atoms with Gasteiger partial charge in [-0.05, 0) is 24.5 Å². The highest BCUT2D eigenvalue weighted by atomic mass is 15.0. The molecule has 0 radical (unpaired) electrons. The minimum atomic E-state index is 0.528. The van der Waals surface area contributed by atoms with Gasteiger partial charge in [0.25, 0.3) is 0 Å². The summed E-state index contributed by atoms with van der Waals surface area (Å²) < 4.78 is 0. The van der Waals surface area contributed by atoms with Gasteiger partial charge in [0.05, 0.1) is 12.0 Å². The number of nitrogens with zero attached hydrogens (tertiary/aromatic N) is 1. The molecule has 5 heteroatoms. The normalized spacial score (nSPS) is 18.6. The van der Waals surface area contributed by atoms with Crippen molar-refractivity contribution in [1.82, 2.24) is 10.3 Å². The zero-order chi connectivity index (χ0) is 17.5. The Bertz CT molecular complexity index is 724. The quantitative estimate of drug-likeness (QED) is 0.674. The average Bonchev–Trinajstić information content (AvgIpc) is 3.18. The van der Waals surface area contributed by atoms with Crippen LogP contribution in [0.15, 0.2) is 53.3 Å². The van der Waals surface area contributed by atoms with E-state index in [0.717, 1.165) is 22.8 Å². The number of aromatic amines is 1. The SMILES string of the molecule is N/C(=C1\NC=Nc2[nH]ccc21)C1CCCCC1.NCc1ccccc1. The zero-order valence-electron chi connectivity index (χ0n) is 14.5. The van der Waals surface area contributed by atoms with Crippen molar-refractivity contribution in [1.29, 1.82) is 0 Å². The minimum Gasteiger partial charge on any atom is -0.400 e. The van der Waals surface area contributed by atoms with E-state index in [0.29, 0.717) is 12.5 Å². The summed E-state index contributed by atoms with van der Waals surface area (Å²) in [5.74, 6) is 1.43. The molecule has 1 aromatic heterocycles. The van der Waals surface area contributed by atoms with Crippen LogP contribution in [0.1, 0.15) is 43.2 Å². The number of hydrogen-bond donors (Lipinski definition) is 4. The number of aliphatic imine (C=N–C) groups is 1. The maximum absolute atomic E-state index is 6.34. The van der Waals surface area contributed by atoms with Crippen LogP contribution < -0.4 is 16.8 Å². The van der Waals surface area contributed by atoms with E-state index in [1.165, 1.54) is 37.7 Å². The Morgan fingerprint density at radius 1 is 1.08 bits per heavy atom. The smallest absolute Gasteiger partial charge is 0.141 e. The summed E-state index contributed by atoms with van der Waals surface area (Å²) >= 11 is 0. The van der Waals surface area contributed by atoms with E-state index in [1.807, 2.05) is 42.6 Å². The Morgan fingerprint density at radius 2 is 1.84 bits per heavy atom. The summed E-state index contributed by atoms with van der Waals surface area (Å²) in [5.41, 5.74) is 16.0. The van der Waals surface area contributed by atoms with Crippen LogP contribution >= 0.6 is 0 Å². The van der Waals surface area contributed by atoms with Crippen molar-refractivity contribution in [3.05, 3.63) is 59.4 Å². The third kappa shape index (κ3) is 4.31. The summed E-state index contributed by atoms with van der Waals surface area (Å²) in [6.45, 7) is 0.640. The number of nitrogens with two attached hydrogens (primary N) is 2. The Morgan fingerprint density at radius 3 is 2.52 bits per heavy atom. The lowest BCUT2D eigenvalue weighted by atomic mass is 9.85. The standard InChI is InChI=1S/C13H18N4.C7H9N/c14-11(9-4-2-1-3-5-9)12-10-6-7-15-13(10)17-8-16-12;8-6-7-4-2-1-3-5-7/h6-9,15H,1-5,14H2,(H,16,17);1-5H,6,8H2/b12-11-;. The van der Waals surface area contributed by atoms with Gasteiger partial charge in [0.2, 0.25) is 0 Å². The van der Waals surface area contributed by atoms with Crippen LogP contribution in [-0.2, 0) is 6.54 Å². The largest absolute Gasteiger partial charge is 0.400 e. The summed E-state index contributed by atoms with van der Waals surface area (Å²) in [4.78, 5) is 7.37. The monoisotopic (exact) mass is 337 g/mol. The molecule has 2 heterocycles. The van der Waals surface area contributed by atoms with E-state index >= 15 is 0 Å². The molecule has 1 saturated carbocycles. The van der Waals surface area contributed by atoms with Gasteiger partial charge in [0.15, 0.2) is 0 Å². The maximum Gasteiger partial charge on any atom is 0.141 e. The number of rotatable bonds is 2. The highest BCUT2D eigenvalue weighted by Gasteiger charge is 2.22. The fraction of sp³-hybridized carbons (Fsp3) is 0.350. The molecular weight excluding hydrogens is 310 g/mol. The van der Waals surface area contributed by atoms with Crippen molar-refractivity contribution in [2.45, 2.75) is 38.6 Å². The maximum atomic E-state index is 6.34. The highest BCUT2D eigenvalue weighted by Crippen LogP contribution is 2.33. The van der Waals surface area contributed by atoms with Gasteiger partial charge in [-0.25, -0.2) is 4.99 Å². The van der Waals surface area contributed by atoms with Gasteiger partial charge in [-0.2, -0.15) is 0 Å². The molecule has 0 atom stereocenters. The molecule has 0 amide bonds. The van der Waals surface area contributed by atoms with Gasteiger partial charge >= 0.3 is 0 Å². The summed E-state index contributed by atoms with van der Waals surface area (Å²) in [6, 6.07) is 12.0. The second-order valence-electron chi connectivity index (χ2n) is 6.50. The predicted octanol–water partition coefficient (Wildman–Crippen LogP) is 3.63.